The summed E-state index contributed by atoms with van der Waals surface area (Å²) in [6, 6.07) is 0. The van der Waals surface area contributed by atoms with Crippen molar-refractivity contribution in [1.29, 1.82) is 0 Å². The van der Waals surface area contributed by atoms with E-state index in [0.717, 1.165) is 0 Å². The van der Waals surface area contributed by atoms with Crippen LogP contribution in [0, 0.1) is 0 Å². The van der Waals surface area contributed by atoms with Crippen LogP contribution in [0.3, 0.4) is 0 Å². The molecule has 6 heteroatoms. The fourth-order valence-electron chi connectivity index (χ4n) is 1.64. The van der Waals surface area contributed by atoms with Gasteiger partial charge < -0.3 is 8.23 Å². The normalized spacial score (nSPS) is 15.5. The Labute approximate surface area is 107 Å². The molecule has 0 atom stereocenters. The van der Waals surface area contributed by atoms with Gasteiger partial charge in [0.1, 0.15) is 0 Å². The van der Waals surface area contributed by atoms with E-state index in [4.69, 9.17) is 8.23 Å². The summed E-state index contributed by atoms with van der Waals surface area (Å²) in [5.74, 6) is 0. The molecule has 96 valence electrons. The van der Waals surface area contributed by atoms with Gasteiger partial charge in [-0.15, -0.1) is 5.70 Å². The Hall–Kier alpha value is 0.528. The lowest BCUT2D eigenvalue weighted by atomic mass is 11.2. The van der Waals surface area contributed by atoms with Gasteiger partial charge in [0.2, 0.25) is 0 Å². The van der Waals surface area contributed by atoms with Gasteiger partial charge in [-0.1, -0.05) is 12.2 Å². The Morgan fingerprint density at radius 1 is 0.812 bits per heavy atom. The fraction of sp³-hybridized carbons (Fsp3) is 0.800. The van der Waals surface area contributed by atoms with Crippen molar-refractivity contribution in [2.75, 3.05) is 0 Å². The first kappa shape index (κ1) is 16.5. The van der Waals surface area contributed by atoms with Crippen LogP contribution < -0.4 is 0 Å². The van der Waals surface area contributed by atoms with E-state index in [1.165, 1.54) is 0 Å². The molecule has 0 unspecified atom stereocenters. The highest BCUT2D eigenvalue weighted by Crippen LogP contribution is 2.21. The summed E-state index contributed by atoms with van der Waals surface area (Å²) in [5, 5.41) is 0. The molecule has 0 aliphatic rings. The topological polar surface area (TPSA) is 18.5 Å². The molecule has 0 amide bonds. The average molecular weight is 293 g/mol. The molecule has 0 N–H and O–H groups in total. The smallest absolute Gasteiger partial charge is 0.340 e. The Morgan fingerprint density at radius 2 is 1.19 bits per heavy atom. The summed E-state index contributed by atoms with van der Waals surface area (Å²) in [5.41, 5.74) is 4.60. The number of hydrogen-bond acceptors (Lipinski definition) is 2. The highest BCUT2D eigenvalue weighted by atomic mass is 28.5. The molecule has 0 heterocycles. The van der Waals surface area contributed by atoms with Crippen molar-refractivity contribution in [2.45, 2.75) is 52.4 Å². The molecular formula is C10H28O2Si4. The third-order valence-corrected chi connectivity index (χ3v) is 11.8. The van der Waals surface area contributed by atoms with Crippen molar-refractivity contribution in [2.24, 2.45) is 0 Å². The molecule has 0 aromatic rings. The molecule has 0 spiro atoms. The molecule has 0 saturated heterocycles. The second-order valence-electron chi connectivity index (χ2n) is 6.26. The van der Waals surface area contributed by atoms with Gasteiger partial charge in [0.15, 0.2) is 16.6 Å². The maximum absolute atomic E-state index is 6.33. The highest BCUT2D eigenvalue weighted by Gasteiger charge is 2.37. The van der Waals surface area contributed by atoms with Gasteiger partial charge in [-0.3, -0.25) is 0 Å². The minimum absolute atomic E-state index is 0.0470. The van der Waals surface area contributed by atoms with Gasteiger partial charge in [-0.2, -0.15) is 0 Å². The third kappa shape index (κ3) is 8.65. The summed E-state index contributed by atoms with van der Waals surface area (Å²) in [6.07, 6.45) is 0. The van der Waals surface area contributed by atoms with E-state index in [0.29, 0.717) is 0 Å². The monoisotopic (exact) mass is 292 g/mol. The van der Waals surface area contributed by atoms with Crippen LogP contribution in [0.5, 0.6) is 0 Å². The highest BCUT2D eigenvalue weighted by molar-refractivity contribution is 6.90. The zero-order valence-electron chi connectivity index (χ0n) is 12.2. The third-order valence-electron chi connectivity index (χ3n) is 1.67. The van der Waals surface area contributed by atoms with Gasteiger partial charge in [0.25, 0.3) is 0 Å². The van der Waals surface area contributed by atoms with Crippen LogP contribution in [0.4, 0.5) is 0 Å². The Bertz CT molecular complexity index is 224. The first-order chi connectivity index (χ1) is 6.97. The molecule has 0 aromatic carbocycles. The fourth-order valence-corrected chi connectivity index (χ4v) is 15.1. The van der Waals surface area contributed by atoms with E-state index < -0.39 is 25.2 Å². The van der Waals surface area contributed by atoms with E-state index in [1.54, 1.807) is 0 Å². The summed E-state index contributed by atoms with van der Waals surface area (Å²) < 4.78 is 12.7. The zero-order chi connectivity index (χ0) is 13.0. The Balaban J connectivity index is 4.82. The Morgan fingerprint density at radius 3 is 1.44 bits per heavy atom. The maximum Gasteiger partial charge on any atom is 0.340 e. The minimum Gasteiger partial charge on any atom is -0.434 e. The van der Waals surface area contributed by atoms with Gasteiger partial charge in [-0.05, 0) is 45.8 Å². The second-order valence-corrected chi connectivity index (χ2v) is 20.0. The SMILES string of the molecule is C[SiH2]/C=C/[Si](C)(O[Si](C)(C)C)O[Si](C)(C)C. The summed E-state index contributed by atoms with van der Waals surface area (Å²) >= 11 is 0. The lowest BCUT2D eigenvalue weighted by Crippen LogP contribution is -2.51. The molecule has 0 rings (SSSR count). The van der Waals surface area contributed by atoms with Crippen molar-refractivity contribution in [3.8, 4) is 0 Å². The number of rotatable bonds is 6. The molecule has 16 heavy (non-hydrogen) atoms. The van der Waals surface area contributed by atoms with Gasteiger partial charge >= 0.3 is 8.56 Å². The van der Waals surface area contributed by atoms with Crippen molar-refractivity contribution in [3.05, 3.63) is 11.4 Å². The largest absolute Gasteiger partial charge is 0.434 e. The van der Waals surface area contributed by atoms with Crippen molar-refractivity contribution in [3.63, 3.8) is 0 Å². The van der Waals surface area contributed by atoms with Gasteiger partial charge in [-0.25, -0.2) is 0 Å². The van der Waals surface area contributed by atoms with Crippen LogP contribution >= 0.6 is 0 Å². The quantitative estimate of drug-likeness (QED) is 0.701. The Kier molecular flexibility index (Phi) is 6.12. The van der Waals surface area contributed by atoms with Crippen LogP contribution in [-0.2, 0) is 8.23 Å². The van der Waals surface area contributed by atoms with E-state index in [1.807, 2.05) is 0 Å². The van der Waals surface area contributed by atoms with Crippen molar-refractivity contribution < 1.29 is 8.23 Å². The molecule has 0 bridgehead atoms. The van der Waals surface area contributed by atoms with Crippen LogP contribution in [0.1, 0.15) is 0 Å². The predicted octanol–water partition coefficient (Wildman–Crippen LogP) is 3.03. The molecule has 0 radical (unpaired) electrons. The van der Waals surface area contributed by atoms with Crippen molar-refractivity contribution in [1.82, 2.24) is 0 Å². The van der Waals surface area contributed by atoms with Crippen LogP contribution in [0.15, 0.2) is 11.4 Å². The average Bonchev–Trinajstić information content (AvgIpc) is 1.93. The first-order valence-electron chi connectivity index (χ1n) is 6.05. The molecule has 0 fully saturated rings. The molecule has 0 saturated carbocycles. The summed E-state index contributed by atoms with van der Waals surface area (Å²) in [6.45, 7) is 17.9. The molecule has 0 aliphatic carbocycles. The standard InChI is InChI=1S/C10H28O2Si4/c1-13-9-10-16(8,11-14(2,3)4)12-15(5,6)7/h9-10H,13H2,1-8H3/b10-9+. The van der Waals surface area contributed by atoms with Crippen LogP contribution in [-0.4, -0.2) is 34.7 Å². The second kappa shape index (κ2) is 5.92. The van der Waals surface area contributed by atoms with Crippen molar-refractivity contribution >= 4 is 34.7 Å². The van der Waals surface area contributed by atoms with E-state index in [2.05, 4.69) is 63.8 Å². The van der Waals surface area contributed by atoms with E-state index in [-0.39, 0.29) is 9.52 Å². The van der Waals surface area contributed by atoms with Gasteiger partial charge in [0.05, 0.1) is 0 Å². The maximum atomic E-state index is 6.33. The lowest BCUT2D eigenvalue weighted by Gasteiger charge is -2.36. The predicted molar refractivity (Wildman–Crippen MR) is 84.0 cm³/mol. The van der Waals surface area contributed by atoms with E-state index >= 15 is 0 Å². The summed E-state index contributed by atoms with van der Waals surface area (Å²) in [7, 11) is -5.15. The first-order valence-corrected chi connectivity index (χ1v) is 17.5. The molecule has 0 aliphatic heterocycles. The van der Waals surface area contributed by atoms with Crippen LogP contribution in [0.25, 0.3) is 0 Å². The summed E-state index contributed by atoms with van der Waals surface area (Å²) in [4.78, 5) is 0. The molecular weight excluding hydrogens is 264 g/mol. The zero-order valence-corrected chi connectivity index (χ0v) is 16.6. The lowest BCUT2D eigenvalue weighted by molar-refractivity contribution is 0.403. The van der Waals surface area contributed by atoms with Gasteiger partial charge in [0, 0.05) is 9.52 Å². The van der Waals surface area contributed by atoms with E-state index in [9.17, 15) is 0 Å². The van der Waals surface area contributed by atoms with Crippen LogP contribution in [0.2, 0.25) is 52.4 Å². The molecule has 2 nitrogen and oxygen atoms in total. The number of hydrogen-bond donors (Lipinski definition) is 0. The molecule has 0 aromatic heterocycles. The minimum atomic E-state index is -2.06.